The van der Waals surface area contributed by atoms with Gasteiger partial charge in [0.05, 0.1) is 29.0 Å². The average Bonchev–Trinajstić information content (AvgIpc) is 3.24. The fourth-order valence-corrected chi connectivity index (χ4v) is 4.30. The number of nitrogens with one attached hydrogen (secondary N) is 1. The molecule has 0 aliphatic heterocycles. The second-order valence-corrected chi connectivity index (χ2v) is 8.25. The van der Waals surface area contributed by atoms with Crippen LogP contribution in [0.5, 0.6) is 0 Å². The number of amides is 1. The van der Waals surface area contributed by atoms with Gasteiger partial charge in [0.15, 0.2) is 0 Å². The molecule has 6 heteroatoms. The Labute approximate surface area is 166 Å². The molecule has 1 N–H and O–H groups in total. The van der Waals surface area contributed by atoms with Gasteiger partial charge in [-0.2, -0.15) is 0 Å². The van der Waals surface area contributed by atoms with E-state index in [9.17, 15) is 9.18 Å². The summed E-state index contributed by atoms with van der Waals surface area (Å²) in [6, 6.07) is 15.7. The Morgan fingerprint density at radius 2 is 1.93 bits per heavy atom. The summed E-state index contributed by atoms with van der Waals surface area (Å²) < 4.78 is 15.4. The van der Waals surface area contributed by atoms with Crippen LogP contribution in [0.15, 0.2) is 60.9 Å². The van der Waals surface area contributed by atoms with Crippen molar-refractivity contribution in [1.82, 2.24) is 14.9 Å². The Hall–Kier alpha value is -2.99. The highest BCUT2D eigenvalue weighted by Crippen LogP contribution is 2.24. The number of hydrogen-bond donors (Lipinski definition) is 1. The molecule has 0 spiro atoms. The molecule has 0 saturated heterocycles. The summed E-state index contributed by atoms with van der Waals surface area (Å²) >= 11 is 1.60. The number of nitrogens with zero attached hydrogens (tertiary/aromatic N) is 2. The minimum Gasteiger partial charge on any atom is -0.343 e. The minimum atomic E-state index is -0.315. The number of fused-ring (bicyclic) bond motifs is 1. The highest BCUT2D eigenvalue weighted by molar-refractivity contribution is 7.12. The number of thiophene rings is 1. The standard InChI is InChI=1S/C22H20FN3OS/c1-14-11-18(15(2)28-14)22(27)25-20(16-7-9-17(23)10-8-16)12-26-13-24-19-5-3-4-6-21(19)26/h3-11,13,20H,12H2,1-2H3,(H,25,27)/t20-/m1/s1. The first-order valence-corrected chi connectivity index (χ1v) is 9.86. The summed E-state index contributed by atoms with van der Waals surface area (Å²) in [4.78, 5) is 19.4. The van der Waals surface area contributed by atoms with E-state index in [1.807, 2.05) is 48.7 Å². The molecule has 2 aromatic carbocycles. The summed E-state index contributed by atoms with van der Waals surface area (Å²) in [6.07, 6.45) is 1.77. The smallest absolute Gasteiger partial charge is 0.252 e. The summed E-state index contributed by atoms with van der Waals surface area (Å²) in [5.74, 6) is -0.424. The van der Waals surface area contributed by atoms with Gasteiger partial charge in [0.2, 0.25) is 0 Å². The lowest BCUT2D eigenvalue weighted by Crippen LogP contribution is -2.31. The second kappa shape index (κ2) is 7.56. The molecular weight excluding hydrogens is 373 g/mol. The summed E-state index contributed by atoms with van der Waals surface area (Å²) in [5, 5.41) is 3.12. The molecule has 0 unspecified atom stereocenters. The zero-order valence-corrected chi connectivity index (χ0v) is 16.5. The van der Waals surface area contributed by atoms with Gasteiger partial charge < -0.3 is 9.88 Å². The average molecular weight is 393 g/mol. The van der Waals surface area contributed by atoms with Crippen molar-refractivity contribution in [3.8, 4) is 0 Å². The van der Waals surface area contributed by atoms with Crippen LogP contribution in [-0.4, -0.2) is 15.5 Å². The third-order valence-corrected chi connectivity index (χ3v) is 5.74. The molecule has 1 atom stereocenters. The number of aromatic nitrogens is 2. The van der Waals surface area contributed by atoms with Crippen molar-refractivity contribution < 1.29 is 9.18 Å². The van der Waals surface area contributed by atoms with Crippen molar-refractivity contribution in [2.24, 2.45) is 0 Å². The molecule has 0 fully saturated rings. The fourth-order valence-electron chi connectivity index (χ4n) is 3.37. The van der Waals surface area contributed by atoms with Crippen LogP contribution < -0.4 is 5.32 Å². The predicted octanol–water partition coefficient (Wildman–Crippen LogP) is 5.03. The molecule has 0 aliphatic carbocycles. The molecule has 4 rings (SSSR count). The quantitative estimate of drug-likeness (QED) is 0.517. The first-order valence-electron chi connectivity index (χ1n) is 9.04. The van der Waals surface area contributed by atoms with E-state index < -0.39 is 0 Å². The number of aryl methyl sites for hydroxylation is 2. The number of benzene rings is 2. The van der Waals surface area contributed by atoms with Crippen LogP contribution in [0.25, 0.3) is 11.0 Å². The van der Waals surface area contributed by atoms with E-state index in [0.717, 1.165) is 26.4 Å². The van der Waals surface area contributed by atoms with E-state index in [2.05, 4.69) is 10.3 Å². The van der Waals surface area contributed by atoms with Crippen LogP contribution >= 0.6 is 11.3 Å². The third kappa shape index (κ3) is 3.68. The Balaban J connectivity index is 1.66. The third-order valence-electron chi connectivity index (χ3n) is 4.77. The highest BCUT2D eigenvalue weighted by Gasteiger charge is 2.20. The number of carbonyl (C=O) groups is 1. The van der Waals surface area contributed by atoms with Crippen LogP contribution in [-0.2, 0) is 6.54 Å². The maximum atomic E-state index is 13.4. The molecule has 28 heavy (non-hydrogen) atoms. The van der Waals surface area contributed by atoms with Gasteiger partial charge in [0.25, 0.3) is 5.91 Å². The van der Waals surface area contributed by atoms with Gasteiger partial charge in [-0.25, -0.2) is 9.37 Å². The van der Waals surface area contributed by atoms with Gasteiger partial charge >= 0.3 is 0 Å². The number of imidazole rings is 1. The zero-order valence-electron chi connectivity index (χ0n) is 15.6. The molecule has 0 saturated carbocycles. The van der Waals surface area contributed by atoms with Crippen LogP contribution in [0.3, 0.4) is 0 Å². The fraction of sp³-hybridized carbons (Fsp3) is 0.182. The molecular formula is C22H20FN3OS. The molecule has 4 nitrogen and oxygen atoms in total. The topological polar surface area (TPSA) is 46.9 Å². The number of rotatable bonds is 5. The van der Waals surface area contributed by atoms with Crippen molar-refractivity contribution >= 4 is 28.3 Å². The summed E-state index contributed by atoms with van der Waals surface area (Å²) in [6.45, 7) is 4.44. The Morgan fingerprint density at radius 3 is 2.64 bits per heavy atom. The van der Waals surface area contributed by atoms with Crippen LogP contribution in [0.1, 0.15) is 31.7 Å². The highest BCUT2D eigenvalue weighted by atomic mass is 32.1. The lowest BCUT2D eigenvalue weighted by molar-refractivity contribution is 0.0932. The lowest BCUT2D eigenvalue weighted by Gasteiger charge is -2.20. The predicted molar refractivity (Wildman–Crippen MR) is 110 cm³/mol. The number of para-hydroxylation sites is 2. The Kier molecular flexibility index (Phi) is 4.96. The van der Waals surface area contributed by atoms with Gasteiger partial charge in [-0.15, -0.1) is 11.3 Å². The maximum absolute atomic E-state index is 13.4. The summed E-state index contributed by atoms with van der Waals surface area (Å²) in [5.41, 5.74) is 3.42. The van der Waals surface area contributed by atoms with Gasteiger partial charge in [0, 0.05) is 16.3 Å². The Morgan fingerprint density at radius 1 is 1.18 bits per heavy atom. The molecule has 142 valence electrons. The largest absolute Gasteiger partial charge is 0.343 e. The van der Waals surface area contributed by atoms with Crippen molar-refractivity contribution in [1.29, 1.82) is 0 Å². The SMILES string of the molecule is Cc1cc(C(=O)N[C@H](Cn2cnc3ccccc32)c2ccc(F)cc2)c(C)s1. The van der Waals surface area contributed by atoms with Gasteiger partial charge in [-0.1, -0.05) is 24.3 Å². The van der Waals surface area contributed by atoms with E-state index in [0.29, 0.717) is 12.1 Å². The van der Waals surface area contributed by atoms with E-state index >= 15 is 0 Å². The van der Waals surface area contributed by atoms with E-state index in [1.54, 1.807) is 29.8 Å². The molecule has 0 radical (unpaired) electrons. The molecule has 1 amide bonds. The molecule has 0 aliphatic rings. The van der Waals surface area contributed by atoms with Crippen molar-refractivity contribution in [2.75, 3.05) is 0 Å². The summed E-state index contributed by atoms with van der Waals surface area (Å²) in [7, 11) is 0. The van der Waals surface area contributed by atoms with Gasteiger partial charge in [-0.05, 0) is 49.7 Å². The minimum absolute atomic E-state index is 0.124. The van der Waals surface area contributed by atoms with Gasteiger partial charge in [-0.3, -0.25) is 4.79 Å². The van der Waals surface area contributed by atoms with E-state index in [-0.39, 0.29) is 17.8 Å². The number of halogens is 1. The molecule has 2 aromatic heterocycles. The zero-order chi connectivity index (χ0) is 19.7. The first kappa shape index (κ1) is 18.4. The normalized spacial score (nSPS) is 12.2. The Bertz CT molecular complexity index is 1130. The van der Waals surface area contributed by atoms with Crippen LogP contribution in [0, 0.1) is 19.7 Å². The molecule has 4 aromatic rings. The first-order chi connectivity index (χ1) is 13.5. The maximum Gasteiger partial charge on any atom is 0.252 e. The molecule has 0 bridgehead atoms. The van der Waals surface area contributed by atoms with Crippen molar-refractivity contribution in [3.05, 3.63) is 87.6 Å². The van der Waals surface area contributed by atoms with Crippen molar-refractivity contribution in [2.45, 2.75) is 26.4 Å². The van der Waals surface area contributed by atoms with Crippen molar-refractivity contribution in [3.63, 3.8) is 0 Å². The lowest BCUT2D eigenvalue weighted by atomic mass is 10.1. The van der Waals surface area contributed by atoms with E-state index in [4.69, 9.17) is 0 Å². The van der Waals surface area contributed by atoms with Gasteiger partial charge in [0.1, 0.15) is 5.82 Å². The van der Waals surface area contributed by atoms with Crippen LogP contribution in [0.4, 0.5) is 4.39 Å². The monoisotopic (exact) mass is 393 g/mol. The molecule has 2 heterocycles. The number of carbonyl (C=O) groups excluding carboxylic acids is 1. The second-order valence-electron chi connectivity index (χ2n) is 6.79. The van der Waals surface area contributed by atoms with Crippen LogP contribution in [0.2, 0.25) is 0 Å². The van der Waals surface area contributed by atoms with E-state index in [1.165, 1.54) is 12.1 Å². The number of hydrogen-bond acceptors (Lipinski definition) is 3.